The van der Waals surface area contributed by atoms with E-state index in [9.17, 15) is 0 Å². The highest BCUT2D eigenvalue weighted by Gasteiger charge is 2.35. The van der Waals surface area contributed by atoms with Gasteiger partial charge in [0.15, 0.2) is 0 Å². The number of anilines is 3. The minimum Gasteiger partial charge on any atom is -0.355 e. The molecule has 0 spiro atoms. The largest absolute Gasteiger partial charge is 0.355 e. The van der Waals surface area contributed by atoms with E-state index in [4.69, 9.17) is 21.6 Å². The first-order valence-corrected chi connectivity index (χ1v) is 10.8. The lowest BCUT2D eigenvalue weighted by Gasteiger charge is -2.25. The normalized spacial score (nSPS) is 19.5. The number of nitrogens with one attached hydrogen (secondary N) is 1. The monoisotopic (exact) mass is 399 g/mol. The fourth-order valence-corrected chi connectivity index (χ4v) is 4.17. The topological polar surface area (TPSA) is 44.3 Å². The van der Waals surface area contributed by atoms with E-state index < -0.39 is 0 Å². The first-order valence-electron chi connectivity index (χ1n) is 10.4. The molecule has 2 fully saturated rings. The van der Waals surface area contributed by atoms with Crippen molar-refractivity contribution >= 4 is 29.1 Å². The minimum absolute atomic E-state index is 0.628. The second-order valence-corrected chi connectivity index (χ2v) is 8.60. The van der Waals surface area contributed by atoms with Crippen LogP contribution in [0.3, 0.4) is 0 Å². The van der Waals surface area contributed by atoms with Crippen LogP contribution < -0.4 is 10.2 Å². The van der Waals surface area contributed by atoms with Crippen LogP contribution in [0.15, 0.2) is 24.3 Å². The molecular weight excluding hydrogens is 370 g/mol. The maximum Gasteiger partial charge on any atom is 0.229 e. The number of hydrogen-bond donors (Lipinski definition) is 1. The number of likely N-dealkylation sites (N-methyl/N-ethyl adjacent to an activating group) is 1. The Bertz CT molecular complexity index is 836. The summed E-state index contributed by atoms with van der Waals surface area (Å²) in [5.74, 6) is 1.69. The Morgan fingerprint density at radius 3 is 2.75 bits per heavy atom. The molecule has 28 heavy (non-hydrogen) atoms. The second-order valence-electron chi connectivity index (χ2n) is 8.16. The summed E-state index contributed by atoms with van der Waals surface area (Å²) >= 11 is 6.18. The van der Waals surface area contributed by atoms with Crippen LogP contribution in [0.4, 0.5) is 17.5 Å². The van der Waals surface area contributed by atoms with E-state index in [1.54, 1.807) is 0 Å². The van der Waals surface area contributed by atoms with Crippen molar-refractivity contribution in [3.63, 3.8) is 0 Å². The van der Waals surface area contributed by atoms with E-state index in [2.05, 4.69) is 42.1 Å². The van der Waals surface area contributed by atoms with Crippen molar-refractivity contribution in [2.24, 2.45) is 0 Å². The van der Waals surface area contributed by atoms with Crippen molar-refractivity contribution in [3.8, 4) is 0 Å². The predicted molar refractivity (Wildman–Crippen MR) is 117 cm³/mol. The summed E-state index contributed by atoms with van der Waals surface area (Å²) in [5.41, 5.74) is 3.18. The van der Waals surface area contributed by atoms with Crippen molar-refractivity contribution in [2.45, 2.75) is 58.0 Å². The number of benzene rings is 1. The van der Waals surface area contributed by atoms with Crippen LogP contribution in [0.5, 0.6) is 0 Å². The number of aromatic nitrogens is 2. The van der Waals surface area contributed by atoms with Crippen molar-refractivity contribution in [1.29, 1.82) is 0 Å². The van der Waals surface area contributed by atoms with E-state index in [-0.39, 0.29) is 0 Å². The van der Waals surface area contributed by atoms with E-state index >= 15 is 0 Å². The molecule has 1 saturated carbocycles. The molecule has 2 heterocycles. The van der Waals surface area contributed by atoms with Gasteiger partial charge in [0, 0.05) is 47.6 Å². The summed E-state index contributed by atoms with van der Waals surface area (Å²) in [5, 5.41) is 4.11. The third kappa shape index (κ3) is 4.41. The summed E-state index contributed by atoms with van der Waals surface area (Å²) < 4.78 is 0. The number of rotatable bonds is 7. The third-order valence-corrected chi connectivity index (χ3v) is 6.14. The second kappa shape index (κ2) is 8.26. The summed E-state index contributed by atoms with van der Waals surface area (Å²) in [6.45, 7) is 6.35. The molecule has 2 aliphatic rings. The maximum atomic E-state index is 6.18. The predicted octanol–water partition coefficient (Wildman–Crippen LogP) is 4.81. The molecule has 1 saturated heterocycles. The molecule has 0 bridgehead atoms. The van der Waals surface area contributed by atoms with Crippen LogP contribution in [0.2, 0.25) is 5.02 Å². The molecule has 1 aromatic heterocycles. The molecule has 4 rings (SSSR count). The van der Waals surface area contributed by atoms with Crippen LogP contribution in [-0.4, -0.2) is 47.1 Å². The molecule has 1 aliphatic carbocycles. The lowest BCUT2D eigenvalue weighted by atomic mass is 10.2. The fourth-order valence-electron chi connectivity index (χ4n) is 4.00. The molecule has 2 aromatic rings. The lowest BCUT2D eigenvalue weighted by molar-refractivity contribution is 0.249. The first kappa shape index (κ1) is 19.5. The van der Waals surface area contributed by atoms with Gasteiger partial charge >= 0.3 is 0 Å². The van der Waals surface area contributed by atoms with Crippen molar-refractivity contribution in [2.75, 3.05) is 30.4 Å². The van der Waals surface area contributed by atoms with Gasteiger partial charge in [-0.05, 0) is 57.4 Å². The zero-order chi connectivity index (χ0) is 19.7. The number of nitrogens with zero attached hydrogens (tertiary/aromatic N) is 4. The molecule has 1 aliphatic heterocycles. The average Bonchev–Trinajstić information content (AvgIpc) is 3.40. The molecule has 1 atom stereocenters. The number of halogens is 1. The van der Waals surface area contributed by atoms with Gasteiger partial charge in [0.25, 0.3) is 0 Å². The fraction of sp³-hybridized carbons (Fsp3) is 0.545. The van der Waals surface area contributed by atoms with Gasteiger partial charge < -0.3 is 10.2 Å². The van der Waals surface area contributed by atoms with E-state index in [1.165, 1.54) is 19.3 Å². The zero-order valence-corrected chi connectivity index (χ0v) is 17.8. The Hall–Kier alpha value is -1.85. The summed E-state index contributed by atoms with van der Waals surface area (Å²) in [7, 11) is 2.28. The van der Waals surface area contributed by atoms with Gasteiger partial charge in [0.2, 0.25) is 5.95 Å². The van der Waals surface area contributed by atoms with Crippen molar-refractivity contribution < 1.29 is 0 Å². The van der Waals surface area contributed by atoms with Gasteiger partial charge in [0.1, 0.15) is 5.82 Å². The minimum atomic E-state index is 0.628. The smallest absolute Gasteiger partial charge is 0.229 e. The van der Waals surface area contributed by atoms with Crippen molar-refractivity contribution in [1.82, 2.24) is 14.9 Å². The molecule has 1 aromatic carbocycles. The van der Waals surface area contributed by atoms with Crippen LogP contribution in [0.1, 0.15) is 43.9 Å². The van der Waals surface area contributed by atoms with Gasteiger partial charge in [0.05, 0.1) is 0 Å². The number of hydrogen-bond acceptors (Lipinski definition) is 5. The van der Waals surface area contributed by atoms with Gasteiger partial charge in [-0.2, -0.15) is 4.98 Å². The highest BCUT2D eigenvalue weighted by atomic mass is 35.5. The highest BCUT2D eigenvalue weighted by Crippen LogP contribution is 2.31. The zero-order valence-electron chi connectivity index (χ0n) is 17.1. The summed E-state index contributed by atoms with van der Waals surface area (Å²) in [6, 6.07) is 9.45. The summed E-state index contributed by atoms with van der Waals surface area (Å²) in [6.07, 6.45) is 5.94. The average molecular weight is 400 g/mol. The Morgan fingerprint density at radius 1 is 1.18 bits per heavy atom. The first-order chi connectivity index (χ1) is 13.5. The van der Waals surface area contributed by atoms with E-state index in [1.807, 2.05) is 18.2 Å². The Labute approximate surface area is 173 Å². The van der Waals surface area contributed by atoms with Crippen LogP contribution >= 0.6 is 11.6 Å². The van der Waals surface area contributed by atoms with Gasteiger partial charge in [-0.25, -0.2) is 4.98 Å². The summed E-state index contributed by atoms with van der Waals surface area (Å²) in [4.78, 5) is 14.6. The van der Waals surface area contributed by atoms with Crippen molar-refractivity contribution in [3.05, 3.63) is 40.5 Å². The molecule has 1 N–H and O–H groups in total. The Kier molecular flexibility index (Phi) is 5.74. The highest BCUT2D eigenvalue weighted by molar-refractivity contribution is 6.30. The van der Waals surface area contributed by atoms with Gasteiger partial charge in [-0.1, -0.05) is 31.0 Å². The van der Waals surface area contributed by atoms with Gasteiger partial charge in [-0.3, -0.25) is 4.90 Å². The Morgan fingerprint density at radius 2 is 2.00 bits per heavy atom. The molecule has 0 radical (unpaired) electrons. The third-order valence-electron chi connectivity index (χ3n) is 5.90. The van der Waals surface area contributed by atoms with Crippen LogP contribution in [0, 0.1) is 6.92 Å². The molecule has 150 valence electrons. The quantitative estimate of drug-likeness (QED) is 0.723. The van der Waals surface area contributed by atoms with Crippen LogP contribution in [-0.2, 0) is 6.42 Å². The SMILES string of the molecule is CCCc1cc(N2CC[C@H](N(C)C3CC3)C2)nc(Nc2cc(Cl)ccc2C)n1. The molecule has 0 amide bonds. The number of aryl methyl sites for hydroxylation is 2. The maximum absolute atomic E-state index is 6.18. The lowest BCUT2D eigenvalue weighted by Crippen LogP contribution is -2.36. The van der Waals surface area contributed by atoms with Crippen LogP contribution in [0.25, 0.3) is 0 Å². The standard InChI is InChI=1S/C22H30ClN5/c1-4-5-17-13-21(28-11-10-19(14-28)27(3)18-8-9-18)26-22(24-17)25-20-12-16(23)7-6-15(20)2/h6-7,12-13,18-19H,4-5,8-11,14H2,1-3H3,(H,24,25,26)/t19-/m0/s1. The van der Waals surface area contributed by atoms with Gasteiger partial charge in [-0.15, -0.1) is 0 Å². The molecule has 6 heteroatoms. The van der Waals surface area contributed by atoms with E-state index in [0.29, 0.717) is 17.0 Å². The van der Waals surface area contributed by atoms with E-state index in [0.717, 1.165) is 54.7 Å². The molecule has 5 nitrogen and oxygen atoms in total. The Balaban J connectivity index is 1.56. The molecular formula is C22H30ClN5. The molecule has 0 unspecified atom stereocenters.